The van der Waals surface area contributed by atoms with Crippen molar-refractivity contribution in [1.82, 2.24) is 15.2 Å². The minimum atomic E-state index is -0.276. The van der Waals surface area contributed by atoms with Gasteiger partial charge in [-0.15, -0.1) is 0 Å². The molecule has 2 rings (SSSR count). The molecular weight excluding hydrogens is 242 g/mol. The molecule has 1 atom stereocenters. The lowest BCUT2D eigenvalue weighted by molar-refractivity contribution is 0.695. The van der Waals surface area contributed by atoms with Crippen molar-refractivity contribution in [3.63, 3.8) is 0 Å². The van der Waals surface area contributed by atoms with Crippen LogP contribution < -0.4 is 16.6 Å². The van der Waals surface area contributed by atoms with Gasteiger partial charge in [-0.3, -0.25) is 4.79 Å². The summed E-state index contributed by atoms with van der Waals surface area (Å²) in [6, 6.07) is 5.38. The van der Waals surface area contributed by atoms with E-state index in [4.69, 9.17) is 5.73 Å². The van der Waals surface area contributed by atoms with Crippen LogP contribution in [0, 0.1) is 6.92 Å². The topological polar surface area (TPSA) is 96.7 Å². The smallest absolute Gasteiger partial charge is 0.287 e. The van der Waals surface area contributed by atoms with Gasteiger partial charge in [0.25, 0.3) is 5.56 Å². The zero-order chi connectivity index (χ0) is 13.8. The van der Waals surface area contributed by atoms with Crippen LogP contribution in [0.25, 0.3) is 0 Å². The first-order chi connectivity index (χ1) is 9.10. The third-order valence-corrected chi connectivity index (χ3v) is 2.85. The first-order valence-corrected chi connectivity index (χ1v) is 6.15. The number of hydrogen-bond donors (Lipinski definition) is 3. The standard InChI is InChI=1S/C13H17N5O/c1-3-10(14)9-4-5-12(15-7-9)16-11-6-8(2)17-18-13(11)19/h4-7,10H,3,14H2,1-2H3,(H,18,19)(H,15,16,17). The van der Waals surface area contributed by atoms with Crippen LogP contribution in [0.4, 0.5) is 11.5 Å². The van der Waals surface area contributed by atoms with E-state index < -0.39 is 0 Å². The number of H-pyrrole nitrogens is 1. The highest BCUT2D eigenvalue weighted by molar-refractivity contribution is 5.54. The van der Waals surface area contributed by atoms with Crippen molar-refractivity contribution in [3.8, 4) is 0 Å². The number of nitrogens with zero attached hydrogens (tertiary/aromatic N) is 2. The number of aromatic nitrogens is 3. The summed E-state index contributed by atoms with van der Waals surface area (Å²) in [7, 11) is 0. The van der Waals surface area contributed by atoms with Gasteiger partial charge in [0.05, 0.1) is 5.69 Å². The maximum atomic E-state index is 11.6. The number of aryl methyl sites for hydroxylation is 1. The van der Waals surface area contributed by atoms with Crippen molar-refractivity contribution >= 4 is 11.5 Å². The summed E-state index contributed by atoms with van der Waals surface area (Å²) in [5.74, 6) is 0.600. The molecule has 0 aliphatic rings. The maximum Gasteiger partial charge on any atom is 0.287 e. The Morgan fingerprint density at radius 1 is 1.47 bits per heavy atom. The van der Waals surface area contributed by atoms with Gasteiger partial charge in [0.1, 0.15) is 11.5 Å². The Hall–Kier alpha value is -2.21. The van der Waals surface area contributed by atoms with Crippen LogP contribution >= 0.6 is 0 Å². The molecule has 0 bridgehead atoms. The lowest BCUT2D eigenvalue weighted by Crippen LogP contribution is -2.14. The predicted octanol–water partition coefficient (Wildman–Crippen LogP) is 1.63. The minimum Gasteiger partial charge on any atom is -0.336 e. The zero-order valence-electron chi connectivity index (χ0n) is 11.0. The van der Waals surface area contributed by atoms with Crippen molar-refractivity contribution in [2.45, 2.75) is 26.3 Å². The van der Waals surface area contributed by atoms with E-state index in [9.17, 15) is 4.79 Å². The highest BCUT2D eigenvalue weighted by Gasteiger charge is 2.05. The lowest BCUT2D eigenvalue weighted by atomic mass is 10.1. The van der Waals surface area contributed by atoms with E-state index in [1.165, 1.54) is 0 Å². The van der Waals surface area contributed by atoms with Crippen LogP contribution in [0.3, 0.4) is 0 Å². The summed E-state index contributed by atoms with van der Waals surface area (Å²) in [6.07, 6.45) is 2.58. The number of anilines is 2. The highest BCUT2D eigenvalue weighted by atomic mass is 16.1. The summed E-state index contributed by atoms with van der Waals surface area (Å²) >= 11 is 0. The van der Waals surface area contributed by atoms with E-state index in [-0.39, 0.29) is 11.6 Å². The summed E-state index contributed by atoms with van der Waals surface area (Å²) in [6.45, 7) is 3.83. The van der Waals surface area contributed by atoms with Crippen molar-refractivity contribution in [1.29, 1.82) is 0 Å². The molecule has 0 fully saturated rings. The summed E-state index contributed by atoms with van der Waals surface area (Å²) < 4.78 is 0. The van der Waals surface area contributed by atoms with Crippen molar-refractivity contribution < 1.29 is 0 Å². The first-order valence-electron chi connectivity index (χ1n) is 6.15. The van der Waals surface area contributed by atoms with Gasteiger partial charge in [-0.1, -0.05) is 13.0 Å². The first kappa shape index (κ1) is 13.2. The average molecular weight is 259 g/mol. The van der Waals surface area contributed by atoms with Gasteiger partial charge in [-0.05, 0) is 31.0 Å². The molecule has 0 spiro atoms. The van der Waals surface area contributed by atoms with Crippen LogP contribution in [0.2, 0.25) is 0 Å². The molecule has 2 aromatic rings. The van der Waals surface area contributed by atoms with E-state index in [1.54, 1.807) is 25.3 Å². The second-order valence-electron chi connectivity index (χ2n) is 4.37. The van der Waals surface area contributed by atoms with Crippen LogP contribution in [0.5, 0.6) is 0 Å². The molecule has 6 nitrogen and oxygen atoms in total. The van der Waals surface area contributed by atoms with Crippen molar-refractivity contribution in [3.05, 3.63) is 46.0 Å². The largest absolute Gasteiger partial charge is 0.336 e. The van der Waals surface area contributed by atoms with Crippen molar-refractivity contribution in [2.75, 3.05) is 5.32 Å². The Kier molecular flexibility index (Phi) is 3.91. The quantitative estimate of drug-likeness (QED) is 0.775. The van der Waals surface area contributed by atoms with E-state index in [2.05, 4.69) is 20.5 Å². The molecule has 1 unspecified atom stereocenters. The number of nitrogens with two attached hydrogens (primary N) is 1. The van der Waals surface area contributed by atoms with E-state index >= 15 is 0 Å². The minimum absolute atomic E-state index is 0.00637. The van der Waals surface area contributed by atoms with Gasteiger partial charge in [-0.25, -0.2) is 10.1 Å². The number of hydrogen-bond acceptors (Lipinski definition) is 5. The zero-order valence-corrected chi connectivity index (χ0v) is 11.0. The average Bonchev–Trinajstić information content (AvgIpc) is 2.43. The van der Waals surface area contributed by atoms with Gasteiger partial charge >= 0.3 is 0 Å². The number of pyridine rings is 1. The van der Waals surface area contributed by atoms with Crippen LogP contribution in [-0.2, 0) is 0 Å². The summed E-state index contributed by atoms with van der Waals surface area (Å²) in [5.41, 5.74) is 7.77. The molecule has 4 N–H and O–H groups in total. The van der Waals surface area contributed by atoms with Gasteiger partial charge in [0.15, 0.2) is 0 Å². The maximum absolute atomic E-state index is 11.6. The highest BCUT2D eigenvalue weighted by Crippen LogP contribution is 2.16. The predicted molar refractivity (Wildman–Crippen MR) is 74.3 cm³/mol. The molecular formula is C13H17N5O. The van der Waals surface area contributed by atoms with Crippen LogP contribution in [0.15, 0.2) is 29.2 Å². The van der Waals surface area contributed by atoms with Gasteiger partial charge < -0.3 is 11.1 Å². The fraction of sp³-hybridized carbons (Fsp3) is 0.308. The molecule has 0 saturated heterocycles. The van der Waals surface area contributed by atoms with Gasteiger partial charge in [0.2, 0.25) is 0 Å². The number of aromatic amines is 1. The normalized spacial score (nSPS) is 12.2. The van der Waals surface area contributed by atoms with Gasteiger partial charge in [-0.2, -0.15) is 5.10 Å². The molecule has 0 aliphatic carbocycles. The molecule has 2 heterocycles. The lowest BCUT2D eigenvalue weighted by Gasteiger charge is -2.10. The molecule has 100 valence electrons. The molecule has 2 aromatic heterocycles. The Morgan fingerprint density at radius 2 is 2.26 bits per heavy atom. The molecule has 0 saturated carbocycles. The number of nitrogens with one attached hydrogen (secondary N) is 2. The molecule has 0 amide bonds. The van der Waals surface area contributed by atoms with E-state index in [0.717, 1.165) is 17.7 Å². The number of rotatable bonds is 4. The SMILES string of the molecule is CCC(N)c1ccc(Nc2cc(C)n[nH]c2=O)nc1. The van der Waals surface area contributed by atoms with E-state index in [0.29, 0.717) is 11.5 Å². The molecule has 19 heavy (non-hydrogen) atoms. The molecule has 0 radical (unpaired) electrons. The molecule has 6 heteroatoms. The Bertz CT molecular complexity index is 605. The third kappa shape index (κ3) is 3.17. The Morgan fingerprint density at radius 3 is 2.89 bits per heavy atom. The van der Waals surface area contributed by atoms with Crippen LogP contribution in [-0.4, -0.2) is 15.2 Å². The van der Waals surface area contributed by atoms with Crippen LogP contribution in [0.1, 0.15) is 30.6 Å². The monoisotopic (exact) mass is 259 g/mol. The van der Waals surface area contributed by atoms with E-state index in [1.807, 2.05) is 13.0 Å². The Labute approximate surface area is 111 Å². The summed E-state index contributed by atoms with van der Waals surface area (Å²) in [5, 5.41) is 9.19. The van der Waals surface area contributed by atoms with Gasteiger partial charge in [0, 0.05) is 12.2 Å². The van der Waals surface area contributed by atoms with Crippen molar-refractivity contribution in [2.24, 2.45) is 5.73 Å². The molecule has 0 aliphatic heterocycles. The molecule has 0 aromatic carbocycles. The summed E-state index contributed by atoms with van der Waals surface area (Å²) in [4.78, 5) is 15.8. The second kappa shape index (κ2) is 5.62. The fourth-order valence-electron chi connectivity index (χ4n) is 1.67. The second-order valence-corrected chi connectivity index (χ2v) is 4.37. The Balaban J connectivity index is 2.20. The fourth-order valence-corrected chi connectivity index (χ4v) is 1.67. The third-order valence-electron chi connectivity index (χ3n) is 2.85.